The van der Waals surface area contributed by atoms with Gasteiger partial charge in [0.05, 0.1) is 19.1 Å². The Kier molecular flexibility index (Phi) is 5.79. The lowest BCUT2D eigenvalue weighted by molar-refractivity contribution is 0.415. The summed E-state index contributed by atoms with van der Waals surface area (Å²) < 4.78 is 19.4. The third-order valence-corrected chi connectivity index (χ3v) is 4.01. The van der Waals surface area contributed by atoms with Crippen LogP contribution in [0.1, 0.15) is 12.5 Å². The highest BCUT2D eigenvalue weighted by Gasteiger charge is 2.13. The average molecular weight is 329 g/mol. The van der Waals surface area contributed by atoms with Gasteiger partial charge in [-0.05, 0) is 43.7 Å². The molecule has 2 aromatic carbocycles. The van der Waals surface area contributed by atoms with Crippen molar-refractivity contribution < 1.29 is 9.13 Å². The minimum Gasteiger partial charge on any atom is -0.497 e. The largest absolute Gasteiger partial charge is 0.497 e. The van der Waals surface area contributed by atoms with E-state index in [0.29, 0.717) is 5.69 Å². The van der Waals surface area contributed by atoms with E-state index in [4.69, 9.17) is 4.74 Å². The van der Waals surface area contributed by atoms with Crippen LogP contribution in [0.3, 0.4) is 0 Å². The van der Waals surface area contributed by atoms with E-state index in [1.807, 2.05) is 62.0 Å². The second-order valence-corrected chi connectivity index (χ2v) is 5.65. The number of aliphatic imine (C=N–C) groups is 1. The maximum Gasteiger partial charge on any atom is 0.127 e. The van der Waals surface area contributed by atoms with E-state index in [0.717, 1.165) is 29.2 Å². The van der Waals surface area contributed by atoms with Crippen molar-refractivity contribution in [3.05, 3.63) is 47.8 Å². The van der Waals surface area contributed by atoms with E-state index in [9.17, 15) is 4.39 Å². The van der Waals surface area contributed by atoms with Crippen LogP contribution in [0.25, 0.3) is 0 Å². The number of benzene rings is 2. The molecule has 128 valence electrons. The van der Waals surface area contributed by atoms with Crippen LogP contribution in [-0.4, -0.2) is 39.0 Å². The number of anilines is 2. The van der Waals surface area contributed by atoms with Crippen LogP contribution in [0, 0.1) is 12.7 Å². The van der Waals surface area contributed by atoms with Gasteiger partial charge in [0.25, 0.3) is 0 Å². The molecule has 24 heavy (non-hydrogen) atoms. The lowest BCUT2D eigenvalue weighted by Crippen LogP contribution is -2.14. The van der Waals surface area contributed by atoms with Crippen molar-refractivity contribution in [3.63, 3.8) is 0 Å². The predicted octanol–water partition coefficient (Wildman–Crippen LogP) is 4.52. The highest BCUT2D eigenvalue weighted by Crippen LogP contribution is 2.34. The first-order chi connectivity index (χ1) is 11.5. The molecule has 0 atom stereocenters. The molecule has 0 saturated heterocycles. The summed E-state index contributed by atoms with van der Waals surface area (Å²) in [6.07, 6.45) is 1.72. The molecule has 2 rings (SSSR count). The molecule has 2 aromatic rings. The summed E-state index contributed by atoms with van der Waals surface area (Å²) >= 11 is 0. The van der Waals surface area contributed by atoms with Crippen LogP contribution in [0.5, 0.6) is 5.75 Å². The zero-order valence-electron chi connectivity index (χ0n) is 14.9. The van der Waals surface area contributed by atoms with E-state index < -0.39 is 0 Å². The van der Waals surface area contributed by atoms with E-state index in [1.165, 1.54) is 12.1 Å². The Bertz CT molecular complexity index is 731. The maximum absolute atomic E-state index is 14.1. The fraction of sp³-hybridized carbons (Fsp3) is 0.316. The molecule has 0 saturated carbocycles. The number of hydrogen-bond acceptors (Lipinski definition) is 3. The van der Waals surface area contributed by atoms with E-state index in [1.54, 1.807) is 13.4 Å². The van der Waals surface area contributed by atoms with Crippen LogP contribution >= 0.6 is 0 Å². The molecule has 0 unspecified atom stereocenters. The van der Waals surface area contributed by atoms with E-state index >= 15 is 0 Å². The third-order valence-electron chi connectivity index (χ3n) is 4.01. The third kappa shape index (κ3) is 4.04. The summed E-state index contributed by atoms with van der Waals surface area (Å²) in [5.74, 6) is 0.452. The molecule has 0 amide bonds. The van der Waals surface area contributed by atoms with Gasteiger partial charge in [-0.25, -0.2) is 9.38 Å². The van der Waals surface area contributed by atoms with E-state index in [2.05, 4.69) is 4.99 Å². The van der Waals surface area contributed by atoms with Gasteiger partial charge in [0.1, 0.15) is 11.6 Å². The van der Waals surface area contributed by atoms with Gasteiger partial charge < -0.3 is 14.5 Å². The Balaban J connectivity index is 2.42. The van der Waals surface area contributed by atoms with Gasteiger partial charge in [-0.2, -0.15) is 0 Å². The summed E-state index contributed by atoms with van der Waals surface area (Å²) in [6, 6.07) is 10.6. The molecule has 4 nitrogen and oxygen atoms in total. The van der Waals surface area contributed by atoms with Gasteiger partial charge in [-0.1, -0.05) is 6.07 Å². The summed E-state index contributed by atoms with van der Waals surface area (Å²) in [6.45, 7) is 4.82. The molecule has 0 bridgehead atoms. The van der Waals surface area contributed by atoms with Crippen molar-refractivity contribution >= 4 is 23.4 Å². The Labute approximate surface area is 143 Å². The topological polar surface area (TPSA) is 28.1 Å². The molecule has 5 heteroatoms. The monoisotopic (exact) mass is 329 g/mol. The molecular formula is C19H24FN3O. The van der Waals surface area contributed by atoms with Crippen molar-refractivity contribution in [1.82, 2.24) is 4.90 Å². The molecule has 0 aliphatic rings. The van der Waals surface area contributed by atoms with Crippen molar-refractivity contribution in [2.24, 2.45) is 4.99 Å². The zero-order chi connectivity index (χ0) is 17.7. The summed E-state index contributed by atoms with van der Waals surface area (Å²) in [5.41, 5.74) is 3.24. The number of halogens is 1. The zero-order valence-corrected chi connectivity index (χ0v) is 14.9. The van der Waals surface area contributed by atoms with E-state index in [-0.39, 0.29) is 5.82 Å². The fourth-order valence-corrected chi connectivity index (χ4v) is 2.33. The second-order valence-electron chi connectivity index (χ2n) is 5.65. The fourth-order valence-electron chi connectivity index (χ4n) is 2.33. The molecule has 0 spiro atoms. The van der Waals surface area contributed by atoms with Crippen molar-refractivity contribution in [3.8, 4) is 5.75 Å². The maximum atomic E-state index is 14.1. The van der Waals surface area contributed by atoms with Crippen molar-refractivity contribution in [2.45, 2.75) is 13.8 Å². The van der Waals surface area contributed by atoms with Crippen molar-refractivity contribution in [2.75, 3.05) is 32.6 Å². The lowest BCUT2D eigenvalue weighted by atomic mass is 10.1. The first kappa shape index (κ1) is 17.8. The van der Waals surface area contributed by atoms with Gasteiger partial charge in [0.2, 0.25) is 0 Å². The number of rotatable bonds is 6. The quantitative estimate of drug-likeness (QED) is 0.576. The van der Waals surface area contributed by atoms with Crippen LogP contribution in [0.2, 0.25) is 0 Å². The first-order valence-electron chi connectivity index (χ1n) is 7.88. The average Bonchev–Trinajstić information content (AvgIpc) is 2.61. The summed E-state index contributed by atoms with van der Waals surface area (Å²) in [4.78, 5) is 8.29. The number of methoxy groups -OCH3 is 1. The number of nitrogens with zero attached hydrogens (tertiary/aromatic N) is 3. The SMILES string of the molecule is CCN(C)/C=N/c1cc(F)cc(N(C)c2cccc(OC)c2)c1C. The Hall–Kier alpha value is -2.56. The second kappa shape index (κ2) is 7.81. The molecule has 0 aliphatic carbocycles. The summed E-state index contributed by atoms with van der Waals surface area (Å²) in [5, 5.41) is 0. The van der Waals surface area contributed by atoms with Crippen LogP contribution < -0.4 is 9.64 Å². The molecule has 0 aliphatic heterocycles. The molecule has 0 N–H and O–H groups in total. The molecule has 0 radical (unpaired) electrons. The molecular weight excluding hydrogens is 305 g/mol. The first-order valence-corrected chi connectivity index (χ1v) is 7.88. The smallest absolute Gasteiger partial charge is 0.127 e. The van der Waals surface area contributed by atoms with Crippen LogP contribution in [0.15, 0.2) is 41.4 Å². The number of hydrogen-bond donors (Lipinski definition) is 0. The minimum atomic E-state index is -0.309. The van der Waals surface area contributed by atoms with Gasteiger partial charge in [0, 0.05) is 38.1 Å². The minimum absolute atomic E-state index is 0.309. The Morgan fingerprint density at radius 3 is 2.62 bits per heavy atom. The molecule has 0 aromatic heterocycles. The number of ether oxygens (including phenoxy) is 1. The van der Waals surface area contributed by atoms with Gasteiger partial charge in [-0.3, -0.25) is 0 Å². The summed E-state index contributed by atoms with van der Waals surface area (Å²) in [7, 11) is 5.47. The standard InChI is InChI=1S/C19H24FN3O/c1-6-22(3)13-21-18-10-15(20)11-19(14(18)2)23(4)16-8-7-9-17(12-16)24-5/h7-13H,6H2,1-5H3/b21-13+. The highest BCUT2D eigenvalue weighted by molar-refractivity contribution is 5.73. The van der Waals surface area contributed by atoms with Crippen LogP contribution in [0.4, 0.5) is 21.5 Å². The van der Waals surface area contributed by atoms with Gasteiger partial charge in [0.15, 0.2) is 0 Å². The predicted molar refractivity (Wildman–Crippen MR) is 98.7 cm³/mol. The Morgan fingerprint density at radius 2 is 1.96 bits per heavy atom. The molecule has 0 fully saturated rings. The van der Waals surface area contributed by atoms with Gasteiger partial charge >= 0.3 is 0 Å². The normalized spacial score (nSPS) is 10.9. The van der Waals surface area contributed by atoms with Crippen molar-refractivity contribution in [1.29, 1.82) is 0 Å². The lowest BCUT2D eigenvalue weighted by Gasteiger charge is -2.23. The highest BCUT2D eigenvalue weighted by atomic mass is 19.1. The van der Waals surface area contributed by atoms with Gasteiger partial charge in [-0.15, -0.1) is 0 Å². The molecule has 0 heterocycles. The Morgan fingerprint density at radius 1 is 1.21 bits per heavy atom. The van der Waals surface area contributed by atoms with Crippen LogP contribution in [-0.2, 0) is 0 Å².